The molecule has 3 fully saturated rings. The first-order valence-electron chi connectivity index (χ1n) is 16.6. The van der Waals surface area contributed by atoms with E-state index in [1.807, 2.05) is 0 Å². The minimum absolute atomic E-state index is 0.0302. The number of primary amides is 1. The number of likely N-dealkylation sites (tertiary alicyclic amines) is 3. The van der Waals surface area contributed by atoms with Crippen molar-refractivity contribution in [1.82, 2.24) is 30.7 Å². The molecule has 7 amide bonds. The summed E-state index contributed by atoms with van der Waals surface area (Å²) in [6, 6.07) is -7.14. The van der Waals surface area contributed by atoms with Gasteiger partial charge in [0.05, 0.1) is 13.0 Å². The Hall–Kier alpha value is -5.01. The Morgan fingerprint density at radius 2 is 1.24 bits per heavy atom. The Morgan fingerprint density at radius 1 is 0.740 bits per heavy atom. The predicted octanol–water partition coefficient (Wildman–Crippen LogP) is -4.56. The molecule has 0 aromatic rings. The fourth-order valence-corrected chi connectivity index (χ4v) is 6.55. The largest absolute Gasteiger partial charge is 0.481 e. The normalized spacial score (nSPS) is 21.9. The van der Waals surface area contributed by atoms with Gasteiger partial charge in [-0.1, -0.05) is 0 Å². The van der Waals surface area contributed by atoms with Gasteiger partial charge in [0.1, 0.15) is 36.3 Å². The van der Waals surface area contributed by atoms with Gasteiger partial charge < -0.3 is 58.1 Å². The van der Waals surface area contributed by atoms with Crippen molar-refractivity contribution in [3.8, 4) is 0 Å². The second-order valence-electron chi connectivity index (χ2n) is 12.6. The van der Waals surface area contributed by atoms with Gasteiger partial charge in [-0.15, -0.1) is 0 Å². The first kappa shape index (κ1) is 39.4. The Bertz CT molecular complexity index is 1360. The minimum Gasteiger partial charge on any atom is -0.481 e. The van der Waals surface area contributed by atoms with E-state index in [1.165, 1.54) is 21.6 Å². The molecule has 0 aromatic carbocycles. The number of carboxylic acid groups (broad SMARTS) is 1. The monoisotopic (exact) mass is 708 g/mol. The summed E-state index contributed by atoms with van der Waals surface area (Å²) in [5.74, 6) is -6.47. The summed E-state index contributed by atoms with van der Waals surface area (Å²) in [5.41, 5.74) is 15.9. The summed E-state index contributed by atoms with van der Waals surface area (Å²) in [6.07, 6.45) is 2.10. The van der Waals surface area contributed by atoms with E-state index in [0.717, 1.165) is 0 Å². The number of carbonyl (C=O) groups is 8. The first-order chi connectivity index (χ1) is 23.7. The fourth-order valence-electron chi connectivity index (χ4n) is 6.55. The van der Waals surface area contributed by atoms with Crippen LogP contribution in [0.3, 0.4) is 0 Å². The third-order valence-electron chi connectivity index (χ3n) is 9.03. The average molecular weight is 709 g/mol. The highest BCUT2D eigenvalue weighted by atomic mass is 16.4. The van der Waals surface area contributed by atoms with Gasteiger partial charge in [-0.2, -0.15) is 0 Å². The topological polar surface area (TPSA) is 313 Å². The second-order valence-corrected chi connectivity index (χ2v) is 12.6. The number of carboxylic acids is 1. The van der Waals surface area contributed by atoms with Gasteiger partial charge in [0.15, 0.2) is 5.96 Å². The third-order valence-corrected chi connectivity index (χ3v) is 9.03. The molecule has 50 heavy (non-hydrogen) atoms. The molecule has 20 heteroatoms. The van der Waals surface area contributed by atoms with E-state index in [0.29, 0.717) is 45.2 Å². The zero-order valence-electron chi connectivity index (χ0n) is 28.0. The van der Waals surface area contributed by atoms with E-state index >= 15 is 0 Å². The maximum absolute atomic E-state index is 13.8. The van der Waals surface area contributed by atoms with Gasteiger partial charge in [-0.25, -0.2) is 0 Å². The van der Waals surface area contributed by atoms with Gasteiger partial charge in [0.25, 0.3) is 0 Å². The number of aliphatic hydroxyl groups is 1. The number of guanidine groups is 1. The van der Waals surface area contributed by atoms with E-state index in [9.17, 15) is 48.6 Å². The van der Waals surface area contributed by atoms with Crippen molar-refractivity contribution in [3.63, 3.8) is 0 Å². The second kappa shape index (κ2) is 18.1. The molecule has 3 aliphatic heterocycles. The van der Waals surface area contributed by atoms with Crippen molar-refractivity contribution in [2.75, 3.05) is 32.8 Å². The Balaban J connectivity index is 1.66. The van der Waals surface area contributed by atoms with Crippen LogP contribution in [0.2, 0.25) is 0 Å². The Kier molecular flexibility index (Phi) is 14.3. The van der Waals surface area contributed by atoms with Crippen LogP contribution in [0, 0.1) is 0 Å². The van der Waals surface area contributed by atoms with Crippen molar-refractivity contribution in [2.45, 2.75) is 101 Å². The molecular formula is C30H48N10O10. The smallest absolute Gasteiger partial charge is 0.305 e. The zero-order chi connectivity index (χ0) is 37.1. The predicted molar refractivity (Wildman–Crippen MR) is 174 cm³/mol. The quantitative estimate of drug-likeness (QED) is 0.0427. The molecule has 6 unspecified atom stereocenters. The average Bonchev–Trinajstić information content (AvgIpc) is 3.84. The molecule has 0 aliphatic carbocycles. The summed E-state index contributed by atoms with van der Waals surface area (Å²) in [7, 11) is 0. The van der Waals surface area contributed by atoms with Gasteiger partial charge >= 0.3 is 5.97 Å². The lowest BCUT2D eigenvalue weighted by Gasteiger charge is -2.34. The number of hydrogen-bond donors (Lipinski definition) is 8. The molecule has 11 N–H and O–H groups in total. The van der Waals surface area contributed by atoms with Crippen LogP contribution < -0.4 is 33.2 Å². The van der Waals surface area contributed by atoms with Crippen LogP contribution in [-0.4, -0.2) is 147 Å². The molecule has 3 aliphatic rings. The molecule has 3 saturated heterocycles. The molecule has 278 valence electrons. The number of aliphatic carboxylic acids is 1. The van der Waals surface area contributed by atoms with Crippen molar-refractivity contribution < 1.29 is 48.6 Å². The summed E-state index contributed by atoms with van der Waals surface area (Å²) < 4.78 is 0. The van der Waals surface area contributed by atoms with Crippen molar-refractivity contribution in [3.05, 3.63) is 0 Å². The van der Waals surface area contributed by atoms with Crippen LogP contribution in [-0.2, 0) is 38.4 Å². The van der Waals surface area contributed by atoms with E-state index in [-0.39, 0.29) is 50.1 Å². The maximum atomic E-state index is 13.8. The fraction of sp³-hybridized carbons (Fsp3) is 0.700. The van der Waals surface area contributed by atoms with Crippen LogP contribution in [0.5, 0.6) is 0 Å². The molecule has 0 radical (unpaired) electrons. The van der Waals surface area contributed by atoms with Crippen LogP contribution in [0.25, 0.3) is 0 Å². The van der Waals surface area contributed by atoms with Crippen molar-refractivity contribution >= 4 is 53.3 Å². The lowest BCUT2D eigenvalue weighted by Crippen LogP contribution is -2.59. The van der Waals surface area contributed by atoms with E-state index in [4.69, 9.17) is 17.2 Å². The number of hydrogen-bond acceptors (Lipinski definition) is 10. The Morgan fingerprint density at radius 3 is 1.76 bits per heavy atom. The zero-order valence-corrected chi connectivity index (χ0v) is 28.0. The summed E-state index contributed by atoms with van der Waals surface area (Å²) in [6.45, 7) is 1.55. The van der Waals surface area contributed by atoms with Crippen molar-refractivity contribution in [2.24, 2.45) is 22.2 Å². The molecule has 0 bridgehead atoms. The highest BCUT2D eigenvalue weighted by Crippen LogP contribution is 2.28. The lowest BCUT2D eigenvalue weighted by atomic mass is 10.1. The molecule has 3 rings (SSSR count). The molecule has 0 aromatic heterocycles. The van der Waals surface area contributed by atoms with Gasteiger partial charge in [0, 0.05) is 33.1 Å². The van der Waals surface area contributed by atoms with Crippen LogP contribution >= 0.6 is 0 Å². The highest BCUT2D eigenvalue weighted by Gasteiger charge is 2.45. The minimum atomic E-state index is -1.71. The standard InChI is InChI=1S/C30H48N10O10/c1-16(42)38-11-4-8-21(38)28(49)40-13-5-9-22(40)29(50)39-12-3-7-20(39)27(48)36-18(14-23(43)44)25(46)37-19(15-41)26(47)35-17(24(31)45)6-2-10-34-30(32)33/h17-22,41H,2-15H2,1H3,(H2,31,45)(H,35,47)(H,36,48)(H,37,46)(H,43,44)(H4,32,33,34). The molecule has 0 saturated carbocycles. The third kappa shape index (κ3) is 10.3. The number of amides is 7. The summed E-state index contributed by atoms with van der Waals surface area (Å²) in [4.78, 5) is 110. The van der Waals surface area contributed by atoms with Crippen LogP contribution in [0.4, 0.5) is 0 Å². The first-order valence-corrected chi connectivity index (χ1v) is 16.6. The molecule has 0 spiro atoms. The van der Waals surface area contributed by atoms with E-state index in [1.54, 1.807) is 0 Å². The molecule has 3 heterocycles. The van der Waals surface area contributed by atoms with Crippen molar-refractivity contribution in [1.29, 1.82) is 0 Å². The van der Waals surface area contributed by atoms with Gasteiger partial charge in [-0.3, -0.25) is 43.3 Å². The van der Waals surface area contributed by atoms with E-state index < -0.39 is 84.8 Å². The summed E-state index contributed by atoms with van der Waals surface area (Å²) in [5, 5.41) is 26.2. The lowest BCUT2D eigenvalue weighted by molar-refractivity contribution is -0.150. The highest BCUT2D eigenvalue weighted by molar-refractivity contribution is 5.98. The van der Waals surface area contributed by atoms with Gasteiger partial charge in [0.2, 0.25) is 41.4 Å². The number of aliphatic hydroxyl groups excluding tert-OH is 1. The Labute approximate surface area is 288 Å². The van der Waals surface area contributed by atoms with Crippen LogP contribution in [0.15, 0.2) is 4.99 Å². The maximum Gasteiger partial charge on any atom is 0.305 e. The number of carbonyl (C=O) groups excluding carboxylic acids is 7. The number of rotatable bonds is 16. The number of nitrogens with one attached hydrogen (secondary N) is 3. The number of nitrogens with two attached hydrogens (primary N) is 3. The summed E-state index contributed by atoms with van der Waals surface area (Å²) >= 11 is 0. The number of nitrogens with zero attached hydrogens (tertiary/aromatic N) is 4. The number of aliphatic imine (C=N–C) groups is 1. The van der Waals surface area contributed by atoms with Crippen LogP contribution in [0.1, 0.15) is 64.7 Å². The SMILES string of the molecule is CC(=O)N1CCCC1C(=O)N1CCCC1C(=O)N1CCCC1C(=O)NC(CC(=O)O)C(=O)NC(CO)C(=O)NC(CCCN=C(N)N)C(N)=O. The molecular weight excluding hydrogens is 660 g/mol. The molecule has 20 nitrogen and oxygen atoms in total. The van der Waals surface area contributed by atoms with Gasteiger partial charge in [-0.05, 0) is 51.4 Å². The molecule has 6 atom stereocenters. The van der Waals surface area contributed by atoms with E-state index in [2.05, 4.69) is 20.9 Å².